The van der Waals surface area contributed by atoms with E-state index in [2.05, 4.69) is 13.8 Å². The van der Waals surface area contributed by atoms with Crippen molar-refractivity contribution in [1.29, 1.82) is 0 Å². The summed E-state index contributed by atoms with van der Waals surface area (Å²) in [5.41, 5.74) is 1.03. The van der Waals surface area contributed by atoms with E-state index < -0.39 is 0 Å². The maximum Gasteiger partial charge on any atom is 0.246 e. The molecule has 0 bridgehead atoms. The third-order valence-electron chi connectivity index (χ3n) is 5.91. The molecular formula is C28H43NO3. The molecule has 0 atom stereocenters. The Hall–Kier alpha value is -2.23. The molecule has 0 spiro atoms. The number of carbonyl (C=O) groups is 1. The Morgan fingerprint density at radius 2 is 1.41 bits per heavy atom. The number of nitrogens with zero attached hydrogens (tertiary/aromatic N) is 1. The molecular weight excluding hydrogens is 398 g/mol. The Balaban J connectivity index is 1.79. The van der Waals surface area contributed by atoms with Crippen LogP contribution < -0.4 is 9.47 Å². The fourth-order valence-corrected chi connectivity index (χ4v) is 3.92. The van der Waals surface area contributed by atoms with Crippen molar-refractivity contribution < 1.29 is 14.3 Å². The Morgan fingerprint density at radius 1 is 0.812 bits per heavy atom. The van der Waals surface area contributed by atoms with Crippen molar-refractivity contribution in [2.75, 3.05) is 19.9 Å². The van der Waals surface area contributed by atoms with Gasteiger partial charge in [0.2, 0.25) is 12.7 Å². The van der Waals surface area contributed by atoms with Crippen molar-refractivity contribution >= 4 is 12.0 Å². The summed E-state index contributed by atoms with van der Waals surface area (Å²) >= 11 is 0. The largest absolute Gasteiger partial charge is 0.454 e. The third-order valence-corrected chi connectivity index (χ3v) is 5.91. The average Bonchev–Trinajstić information content (AvgIpc) is 3.27. The molecule has 0 fully saturated rings. The maximum absolute atomic E-state index is 12.8. The minimum atomic E-state index is 0.127. The molecule has 0 aliphatic carbocycles. The van der Waals surface area contributed by atoms with E-state index in [-0.39, 0.29) is 12.7 Å². The first kappa shape index (κ1) is 26.0. The predicted octanol–water partition coefficient (Wildman–Crippen LogP) is 7.53. The molecule has 0 N–H and O–H groups in total. The Morgan fingerprint density at radius 3 is 2.06 bits per heavy atom. The van der Waals surface area contributed by atoms with Crippen LogP contribution in [0.5, 0.6) is 11.5 Å². The van der Waals surface area contributed by atoms with Crippen LogP contribution in [0.2, 0.25) is 0 Å². The lowest BCUT2D eigenvalue weighted by Gasteiger charge is -2.21. The highest BCUT2D eigenvalue weighted by Gasteiger charge is 2.12. The first-order valence-corrected chi connectivity index (χ1v) is 12.8. The van der Waals surface area contributed by atoms with E-state index in [4.69, 9.17) is 9.47 Å². The van der Waals surface area contributed by atoms with Crippen LogP contribution in [0.25, 0.3) is 6.08 Å². The fourth-order valence-electron chi connectivity index (χ4n) is 3.92. The van der Waals surface area contributed by atoms with Gasteiger partial charge in [0.05, 0.1) is 0 Å². The van der Waals surface area contributed by atoms with E-state index in [1.165, 1.54) is 64.2 Å². The van der Waals surface area contributed by atoms with Crippen molar-refractivity contribution in [2.45, 2.75) is 90.9 Å². The monoisotopic (exact) mass is 441 g/mol. The Kier molecular flexibility index (Phi) is 13.3. The van der Waals surface area contributed by atoms with Crippen LogP contribution in [0.3, 0.4) is 0 Å². The molecule has 1 aliphatic heterocycles. The maximum atomic E-state index is 12.8. The van der Waals surface area contributed by atoms with Gasteiger partial charge < -0.3 is 14.4 Å². The third kappa shape index (κ3) is 10.4. The molecule has 0 saturated carbocycles. The second-order valence-electron chi connectivity index (χ2n) is 8.69. The number of amides is 1. The SMILES string of the molecule is CCCCCCCCN(CCCCCCCC)C(=O)/C=C/C=C/c1ccc2c(c1)OCO2. The van der Waals surface area contributed by atoms with Gasteiger partial charge in [0.1, 0.15) is 0 Å². The van der Waals surface area contributed by atoms with E-state index in [1.54, 1.807) is 6.08 Å². The van der Waals surface area contributed by atoms with Crippen LogP contribution in [0, 0.1) is 0 Å². The average molecular weight is 442 g/mol. The Labute approximate surface area is 195 Å². The minimum Gasteiger partial charge on any atom is -0.454 e. The number of benzene rings is 1. The molecule has 178 valence electrons. The summed E-state index contributed by atoms with van der Waals surface area (Å²) in [4.78, 5) is 14.9. The van der Waals surface area contributed by atoms with Gasteiger partial charge in [0.15, 0.2) is 11.5 Å². The number of unbranched alkanes of at least 4 members (excludes halogenated alkanes) is 10. The lowest BCUT2D eigenvalue weighted by Crippen LogP contribution is -2.31. The van der Waals surface area contributed by atoms with E-state index in [0.717, 1.165) is 43.0 Å². The van der Waals surface area contributed by atoms with Gasteiger partial charge in [0, 0.05) is 19.2 Å². The van der Waals surface area contributed by atoms with Gasteiger partial charge in [-0.25, -0.2) is 0 Å². The molecule has 0 saturated heterocycles. The summed E-state index contributed by atoms with van der Waals surface area (Å²) < 4.78 is 10.8. The minimum absolute atomic E-state index is 0.127. The number of hydrogen-bond acceptors (Lipinski definition) is 3. The van der Waals surface area contributed by atoms with E-state index in [9.17, 15) is 4.79 Å². The van der Waals surface area contributed by atoms with Gasteiger partial charge >= 0.3 is 0 Å². The molecule has 4 nitrogen and oxygen atoms in total. The van der Waals surface area contributed by atoms with Gasteiger partial charge in [-0.2, -0.15) is 0 Å². The quantitative estimate of drug-likeness (QED) is 0.142. The van der Waals surface area contributed by atoms with Crippen LogP contribution in [0.4, 0.5) is 0 Å². The molecule has 32 heavy (non-hydrogen) atoms. The number of ether oxygens (including phenoxy) is 2. The smallest absolute Gasteiger partial charge is 0.246 e. The van der Waals surface area contributed by atoms with Crippen LogP contribution >= 0.6 is 0 Å². The zero-order valence-corrected chi connectivity index (χ0v) is 20.3. The molecule has 0 unspecified atom stereocenters. The summed E-state index contributed by atoms with van der Waals surface area (Å²) in [5.74, 6) is 1.69. The van der Waals surface area contributed by atoms with Crippen LogP contribution in [0.15, 0.2) is 36.4 Å². The number of carbonyl (C=O) groups excluding carboxylic acids is 1. The summed E-state index contributed by atoms with van der Waals surface area (Å²) in [6.07, 6.45) is 22.5. The second-order valence-corrected chi connectivity index (χ2v) is 8.69. The van der Waals surface area contributed by atoms with Gasteiger partial charge in [-0.15, -0.1) is 0 Å². The first-order valence-electron chi connectivity index (χ1n) is 12.8. The van der Waals surface area contributed by atoms with E-state index in [1.807, 2.05) is 41.3 Å². The molecule has 1 heterocycles. The number of fused-ring (bicyclic) bond motifs is 1. The van der Waals surface area contributed by atoms with Crippen molar-refractivity contribution in [3.63, 3.8) is 0 Å². The fraction of sp³-hybridized carbons (Fsp3) is 0.607. The van der Waals surface area contributed by atoms with E-state index >= 15 is 0 Å². The highest BCUT2D eigenvalue weighted by Crippen LogP contribution is 2.32. The van der Waals surface area contributed by atoms with Crippen molar-refractivity contribution in [3.8, 4) is 11.5 Å². The summed E-state index contributed by atoms with van der Waals surface area (Å²) in [6.45, 7) is 6.51. The van der Waals surface area contributed by atoms with Crippen molar-refractivity contribution in [1.82, 2.24) is 4.90 Å². The van der Waals surface area contributed by atoms with Crippen LogP contribution in [-0.4, -0.2) is 30.7 Å². The van der Waals surface area contributed by atoms with Gasteiger partial charge in [0.25, 0.3) is 0 Å². The lowest BCUT2D eigenvalue weighted by atomic mass is 10.1. The van der Waals surface area contributed by atoms with E-state index in [0.29, 0.717) is 0 Å². The predicted molar refractivity (Wildman–Crippen MR) is 134 cm³/mol. The second kappa shape index (κ2) is 16.4. The lowest BCUT2D eigenvalue weighted by molar-refractivity contribution is -0.126. The Bertz CT molecular complexity index is 695. The highest BCUT2D eigenvalue weighted by atomic mass is 16.7. The molecule has 1 aromatic carbocycles. The molecule has 1 aliphatic rings. The summed E-state index contributed by atoms with van der Waals surface area (Å²) in [5, 5.41) is 0. The normalized spacial score (nSPS) is 12.8. The zero-order valence-electron chi connectivity index (χ0n) is 20.3. The van der Waals surface area contributed by atoms with Gasteiger partial charge in [-0.3, -0.25) is 4.79 Å². The van der Waals surface area contributed by atoms with Gasteiger partial charge in [-0.05, 0) is 30.5 Å². The highest BCUT2D eigenvalue weighted by molar-refractivity contribution is 5.88. The molecule has 4 heteroatoms. The molecule has 1 amide bonds. The van der Waals surface area contributed by atoms with Gasteiger partial charge in [-0.1, -0.05) is 102 Å². The molecule has 0 aromatic heterocycles. The molecule has 0 radical (unpaired) electrons. The van der Waals surface area contributed by atoms with Crippen molar-refractivity contribution in [2.24, 2.45) is 0 Å². The summed E-state index contributed by atoms with van der Waals surface area (Å²) in [7, 11) is 0. The first-order chi connectivity index (χ1) is 15.7. The standard InChI is InChI=1S/C28H43NO3/c1-3-5-7-9-11-15-21-29(22-16-12-10-8-6-4-2)28(30)18-14-13-17-25-19-20-26-27(23-25)32-24-31-26/h13-14,17-20,23H,3-12,15-16,21-22,24H2,1-2H3/b17-13+,18-14+. The number of allylic oxidation sites excluding steroid dienone is 2. The summed E-state index contributed by atoms with van der Waals surface area (Å²) in [6, 6.07) is 5.86. The molecule has 2 rings (SSSR count). The zero-order chi connectivity index (χ0) is 22.9. The van der Waals surface area contributed by atoms with Crippen molar-refractivity contribution in [3.05, 3.63) is 42.0 Å². The number of hydrogen-bond donors (Lipinski definition) is 0. The van der Waals surface area contributed by atoms with Crippen LogP contribution in [0.1, 0.15) is 96.5 Å². The number of rotatable bonds is 17. The van der Waals surface area contributed by atoms with Crippen LogP contribution in [-0.2, 0) is 4.79 Å². The topological polar surface area (TPSA) is 38.8 Å². The molecule has 1 aromatic rings.